The van der Waals surface area contributed by atoms with Gasteiger partial charge in [0.25, 0.3) is 5.91 Å². The number of rotatable bonds is 3. The first kappa shape index (κ1) is 16.8. The number of nitrogens with zero attached hydrogens (tertiary/aromatic N) is 3. The molecule has 1 aliphatic heterocycles. The summed E-state index contributed by atoms with van der Waals surface area (Å²) in [7, 11) is 0. The number of aliphatic hydroxyl groups is 1. The standard InChI is InChI=1S/C14H20FN3O3S/c1-14(2,21)9-18(12(19)11-16-5-8-22-11)13(20)17-6-3-10(15)4-7-17/h5,8,10,21H,3-4,6-7,9H2,1-2H3. The predicted octanol–water partition coefficient (Wildman–Crippen LogP) is 1.91. The molecule has 0 bridgehead atoms. The van der Waals surface area contributed by atoms with E-state index >= 15 is 0 Å². The number of carbonyl (C=O) groups is 2. The van der Waals surface area contributed by atoms with Crippen molar-refractivity contribution in [2.24, 2.45) is 0 Å². The summed E-state index contributed by atoms with van der Waals surface area (Å²) in [6.07, 6.45) is 1.13. The molecule has 2 heterocycles. The van der Waals surface area contributed by atoms with Crippen LogP contribution in [0, 0.1) is 0 Å². The normalized spacial score (nSPS) is 16.6. The minimum atomic E-state index is -1.22. The van der Waals surface area contributed by atoms with Crippen molar-refractivity contribution in [3.63, 3.8) is 0 Å². The second-order valence-electron chi connectivity index (χ2n) is 5.99. The number of alkyl halides is 1. The molecular formula is C14H20FN3O3S. The van der Waals surface area contributed by atoms with Crippen LogP contribution in [0.5, 0.6) is 0 Å². The number of imide groups is 1. The number of likely N-dealkylation sites (tertiary alicyclic amines) is 1. The van der Waals surface area contributed by atoms with E-state index in [1.165, 1.54) is 24.9 Å². The molecule has 0 unspecified atom stereocenters. The predicted molar refractivity (Wildman–Crippen MR) is 80.5 cm³/mol. The summed E-state index contributed by atoms with van der Waals surface area (Å²) < 4.78 is 13.2. The summed E-state index contributed by atoms with van der Waals surface area (Å²) in [6.45, 7) is 3.45. The van der Waals surface area contributed by atoms with E-state index in [0.717, 1.165) is 16.2 Å². The zero-order valence-electron chi connectivity index (χ0n) is 12.7. The van der Waals surface area contributed by atoms with Gasteiger partial charge in [-0.1, -0.05) is 0 Å². The molecule has 0 aromatic carbocycles. The second kappa shape index (κ2) is 6.70. The molecule has 3 amide bonds. The minimum absolute atomic E-state index is 0.139. The molecule has 1 saturated heterocycles. The minimum Gasteiger partial charge on any atom is -0.389 e. The Labute approximate surface area is 132 Å². The van der Waals surface area contributed by atoms with Gasteiger partial charge in [0.15, 0.2) is 5.01 Å². The van der Waals surface area contributed by atoms with Crippen LogP contribution in [0.3, 0.4) is 0 Å². The lowest BCUT2D eigenvalue weighted by Gasteiger charge is -2.34. The zero-order chi connectivity index (χ0) is 16.3. The number of halogens is 1. The Morgan fingerprint density at radius 3 is 2.64 bits per heavy atom. The third-order valence-corrected chi connectivity index (χ3v) is 4.09. The molecule has 6 nitrogen and oxygen atoms in total. The van der Waals surface area contributed by atoms with Gasteiger partial charge in [-0.05, 0) is 26.7 Å². The number of hydrogen-bond donors (Lipinski definition) is 1. The summed E-state index contributed by atoms with van der Waals surface area (Å²) >= 11 is 1.14. The van der Waals surface area contributed by atoms with E-state index in [4.69, 9.17) is 0 Å². The highest BCUT2D eigenvalue weighted by Gasteiger charge is 2.34. The topological polar surface area (TPSA) is 73.7 Å². The van der Waals surface area contributed by atoms with Gasteiger partial charge in [-0.3, -0.25) is 9.69 Å². The fourth-order valence-corrected chi connectivity index (χ4v) is 2.85. The van der Waals surface area contributed by atoms with Crippen molar-refractivity contribution in [2.45, 2.75) is 38.5 Å². The Morgan fingerprint density at radius 1 is 1.50 bits per heavy atom. The average Bonchev–Trinajstić information content (AvgIpc) is 2.97. The van der Waals surface area contributed by atoms with Crippen molar-refractivity contribution in [1.29, 1.82) is 0 Å². The summed E-state index contributed by atoms with van der Waals surface area (Å²) in [6, 6.07) is -0.505. The Balaban J connectivity index is 2.16. The van der Waals surface area contributed by atoms with E-state index < -0.39 is 23.7 Å². The monoisotopic (exact) mass is 329 g/mol. The van der Waals surface area contributed by atoms with Gasteiger partial charge in [0, 0.05) is 24.7 Å². The molecule has 1 N–H and O–H groups in total. The molecule has 22 heavy (non-hydrogen) atoms. The van der Waals surface area contributed by atoms with Crippen LogP contribution < -0.4 is 0 Å². The number of amides is 3. The van der Waals surface area contributed by atoms with E-state index in [-0.39, 0.29) is 37.5 Å². The largest absolute Gasteiger partial charge is 0.389 e. The van der Waals surface area contributed by atoms with Gasteiger partial charge in [-0.2, -0.15) is 0 Å². The number of thiazole rings is 1. The first-order valence-corrected chi connectivity index (χ1v) is 8.02. The quantitative estimate of drug-likeness (QED) is 0.919. The molecule has 1 aliphatic rings. The number of urea groups is 1. The maximum absolute atomic E-state index is 13.2. The van der Waals surface area contributed by atoms with Crippen molar-refractivity contribution in [3.8, 4) is 0 Å². The molecule has 1 aromatic rings. The van der Waals surface area contributed by atoms with Gasteiger partial charge in [0.2, 0.25) is 0 Å². The lowest BCUT2D eigenvalue weighted by molar-refractivity contribution is 0.0316. The molecule has 0 saturated carbocycles. The van der Waals surface area contributed by atoms with Crippen LogP contribution in [-0.2, 0) is 0 Å². The van der Waals surface area contributed by atoms with E-state index in [9.17, 15) is 19.1 Å². The SMILES string of the molecule is CC(C)(O)CN(C(=O)c1nccs1)C(=O)N1CCC(F)CC1. The molecule has 1 fully saturated rings. The fraction of sp³-hybridized carbons (Fsp3) is 0.643. The molecule has 122 valence electrons. The van der Waals surface area contributed by atoms with E-state index in [1.807, 2.05) is 0 Å². The summed E-state index contributed by atoms with van der Waals surface area (Å²) in [4.78, 5) is 31.4. The van der Waals surface area contributed by atoms with E-state index in [0.29, 0.717) is 0 Å². The Morgan fingerprint density at radius 2 is 2.14 bits per heavy atom. The van der Waals surface area contributed by atoms with E-state index in [1.54, 1.807) is 5.38 Å². The number of hydrogen-bond acceptors (Lipinski definition) is 5. The summed E-state index contributed by atoms with van der Waals surface area (Å²) in [5, 5.41) is 11.8. The molecule has 0 radical (unpaired) electrons. The Kier molecular flexibility index (Phi) is 5.12. The maximum Gasteiger partial charge on any atom is 0.327 e. The third-order valence-electron chi connectivity index (χ3n) is 3.33. The number of piperidine rings is 1. The van der Waals surface area contributed by atoms with Crippen molar-refractivity contribution < 1.29 is 19.1 Å². The van der Waals surface area contributed by atoms with Gasteiger partial charge in [0.1, 0.15) is 6.17 Å². The highest BCUT2D eigenvalue weighted by molar-refractivity contribution is 7.11. The highest BCUT2D eigenvalue weighted by atomic mass is 32.1. The van der Waals surface area contributed by atoms with Crippen LogP contribution in [0.4, 0.5) is 9.18 Å². The summed E-state index contributed by atoms with van der Waals surface area (Å²) in [5.74, 6) is -0.538. The number of carbonyl (C=O) groups excluding carboxylic acids is 2. The molecule has 8 heteroatoms. The Bertz CT molecular complexity index is 522. The van der Waals surface area contributed by atoms with Gasteiger partial charge < -0.3 is 10.0 Å². The Hall–Kier alpha value is -1.54. The third kappa shape index (κ3) is 4.23. The van der Waals surface area contributed by atoms with Crippen molar-refractivity contribution in [3.05, 3.63) is 16.6 Å². The fourth-order valence-electron chi connectivity index (χ4n) is 2.27. The van der Waals surface area contributed by atoms with Crippen LogP contribution in [0.25, 0.3) is 0 Å². The molecule has 1 aromatic heterocycles. The van der Waals surface area contributed by atoms with Crippen LogP contribution in [-0.4, -0.2) is 63.2 Å². The van der Waals surface area contributed by atoms with E-state index in [2.05, 4.69) is 4.98 Å². The zero-order valence-corrected chi connectivity index (χ0v) is 13.5. The van der Waals surface area contributed by atoms with Gasteiger partial charge in [-0.15, -0.1) is 11.3 Å². The average molecular weight is 329 g/mol. The van der Waals surface area contributed by atoms with Crippen LogP contribution >= 0.6 is 11.3 Å². The molecule has 2 rings (SSSR count). The van der Waals surface area contributed by atoms with Crippen LogP contribution in [0.2, 0.25) is 0 Å². The lowest BCUT2D eigenvalue weighted by Crippen LogP contribution is -2.53. The highest BCUT2D eigenvalue weighted by Crippen LogP contribution is 2.18. The molecule has 0 spiro atoms. The molecular weight excluding hydrogens is 309 g/mol. The van der Waals surface area contributed by atoms with Crippen molar-refractivity contribution in [2.75, 3.05) is 19.6 Å². The maximum atomic E-state index is 13.2. The second-order valence-corrected chi connectivity index (χ2v) is 6.88. The molecule has 0 atom stereocenters. The van der Waals surface area contributed by atoms with Gasteiger partial charge in [-0.25, -0.2) is 14.2 Å². The molecule has 0 aliphatic carbocycles. The first-order chi connectivity index (χ1) is 10.3. The first-order valence-electron chi connectivity index (χ1n) is 7.14. The van der Waals surface area contributed by atoms with Gasteiger partial charge in [0.05, 0.1) is 12.1 Å². The van der Waals surface area contributed by atoms with Crippen molar-refractivity contribution >= 4 is 23.3 Å². The lowest BCUT2D eigenvalue weighted by atomic mass is 10.1. The number of aromatic nitrogens is 1. The van der Waals surface area contributed by atoms with Gasteiger partial charge >= 0.3 is 6.03 Å². The van der Waals surface area contributed by atoms with Crippen molar-refractivity contribution in [1.82, 2.24) is 14.8 Å². The van der Waals surface area contributed by atoms with Crippen LogP contribution in [0.1, 0.15) is 36.5 Å². The summed E-state index contributed by atoms with van der Waals surface area (Å²) in [5.41, 5.74) is -1.22. The van der Waals surface area contributed by atoms with Crippen LogP contribution in [0.15, 0.2) is 11.6 Å². The smallest absolute Gasteiger partial charge is 0.327 e.